The lowest BCUT2D eigenvalue weighted by Gasteiger charge is -2.16. The third-order valence-electron chi connectivity index (χ3n) is 3.19. The average molecular weight is 288 g/mol. The van der Waals surface area contributed by atoms with Crippen LogP contribution in [0.4, 0.5) is 0 Å². The van der Waals surface area contributed by atoms with E-state index in [0.717, 1.165) is 16.7 Å². The zero-order chi connectivity index (χ0) is 16.0. The summed E-state index contributed by atoms with van der Waals surface area (Å²) < 4.78 is 5.08. The van der Waals surface area contributed by atoms with E-state index in [0.29, 0.717) is 12.1 Å². The zero-order valence-electron chi connectivity index (χ0n) is 12.9. The van der Waals surface area contributed by atoms with E-state index in [1.807, 2.05) is 39.0 Å². The number of ether oxygens (including phenoxy) is 1. The van der Waals surface area contributed by atoms with Crippen molar-refractivity contribution < 1.29 is 14.3 Å². The number of carbonyl (C=O) groups is 2. The van der Waals surface area contributed by atoms with Crippen molar-refractivity contribution in [1.29, 1.82) is 5.26 Å². The average Bonchev–Trinajstić information content (AvgIpc) is 2.40. The summed E-state index contributed by atoms with van der Waals surface area (Å²) in [5.74, 6) is -0.812. The summed E-state index contributed by atoms with van der Waals surface area (Å²) in [7, 11) is 1.58. The Morgan fingerprint density at radius 1 is 1.24 bits per heavy atom. The molecule has 0 aliphatic carbocycles. The summed E-state index contributed by atoms with van der Waals surface area (Å²) in [6.45, 7) is 5.67. The molecule has 1 aromatic rings. The number of hydrogen-bond donors (Lipinski definition) is 0. The summed E-state index contributed by atoms with van der Waals surface area (Å²) in [5, 5.41) is 8.47. The number of rotatable bonds is 5. The van der Waals surface area contributed by atoms with Crippen LogP contribution < -0.4 is 0 Å². The van der Waals surface area contributed by atoms with E-state index < -0.39 is 5.97 Å². The molecule has 0 saturated heterocycles. The van der Waals surface area contributed by atoms with Gasteiger partial charge in [-0.1, -0.05) is 17.7 Å². The second-order valence-electron chi connectivity index (χ2n) is 5.07. The Hall–Kier alpha value is -2.35. The topological polar surface area (TPSA) is 70.4 Å². The molecule has 0 N–H and O–H groups in total. The quantitative estimate of drug-likeness (QED) is 0.778. The van der Waals surface area contributed by atoms with Gasteiger partial charge in [0.2, 0.25) is 0 Å². The maximum Gasteiger partial charge on any atom is 0.339 e. The Morgan fingerprint density at radius 3 is 2.33 bits per heavy atom. The predicted molar refractivity (Wildman–Crippen MR) is 78.8 cm³/mol. The normalized spacial score (nSPS) is 9.86. The Morgan fingerprint density at radius 2 is 1.81 bits per heavy atom. The van der Waals surface area contributed by atoms with Gasteiger partial charge in [0.05, 0.1) is 18.1 Å². The minimum Gasteiger partial charge on any atom is -0.452 e. The van der Waals surface area contributed by atoms with E-state index in [1.165, 1.54) is 4.90 Å². The third kappa shape index (κ3) is 4.60. The number of aryl methyl sites for hydroxylation is 3. The zero-order valence-corrected chi connectivity index (χ0v) is 12.9. The molecule has 1 rings (SSSR count). The van der Waals surface area contributed by atoms with Crippen LogP contribution >= 0.6 is 0 Å². The maximum atomic E-state index is 12.1. The van der Waals surface area contributed by atoms with Crippen molar-refractivity contribution in [2.75, 3.05) is 20.2 Å². The van der Waals surface area contributed by atoms with Crippen molar-refractivity contribution in [2.24, 2.45) is 0 Å². The van der Waals surface area contributed by atoms with Gasteiger partial charge >= 0.3 is 5.97 Å². The number of hydrogen-bond acceptors (Lipinski definition) is 4. The molecule has 0 aliphatic heterocycles. The number of esters is 1. The highest BCUT2D eigenvalue weighted by atomic mass is 16.5. The maximum absolute atomic E-state index is 12.1. The number of nitrogens with zero attached hydrogens (tertiary/aromatic N) is 2. The van der Waals surface area contributed by atoms with Gasteiger partial charge in [0.1, 0.15) is 0 Å². The molecular weight excluding hydrogens is 268 g/mol. The summed E-state index contributed by atoms with van der Waals surface area (Å²) >= 11 is 0. The highest BCUT2D eigenvalue weighted by molar-refractivity contribution is 5.94. The Balaban J connectivity index is 2.67. The van der Waals surface area contributed by atoms with Crippen molar-refractivity contribution in [3.63, 3.8) is 0 Å². The predicted octanol–water partition coefficient (Wildman–Crippen LogP) is 2.14. The van der Waals surface area contributed by atoms with Crippen LogP contribution in [0.2, 0.25) is 0 Å². The first-order valence-electron chi connectivity index (χ1n) is 6.72. The monoisotopic (exact) mass is 288 g/mol. The number of carbonyl (C=O) groups excluding carboxylic acids is 2. The van der Waals surface area contributed by atoms with Crippen molar-refractivity contribution in [3.8, 4) is 6.07 Å². The van der Waals surface area contributed by atoms with Gasteiger partial charge in [0.25, 0.3) is 5.91 Å². The molecule has 0 atom stereocenters. The number of nitriles is 1. The fourth-order valence-electron chi connectivity index (χ4n) is 2.15. The second kappa shape index (κ2) is 7.44. The summed E-state index contributed by atoms with van der Waals surface area (Å²) in [4.78, 5) is 25.2. The van der Waals surface area contributed by atoms with Gasteiger partial charge in [0.15, 0.2) is 6.61 Å². The van der Waals surface area contributed by atoms with Crippen molar-refractivity contribution >= 4 is 11.9 Å². The van der Waals surface area contributed by atoms with Crippen LogP contribution in [0.15, 0.2) is 12.1 Å². The molecule has 1 aromatic carbocycles. The van der Waals surface area contributed by atoms with Crippen molar-refractivity contribution in [2.45, 2.75) is 27.2 Å². The molecular formula is C16H20N2O3. The molecule has 0 aliphatic rings. The van der Waals surface area contributed by atoms with E-state index in [4.69, 9.17) is 10.00 Å². The van der Waals surface area contributed by atoms with Crippen LogP contribution in [-0.2, 0) is 9.53 Å². The molecule has 0 spiro atoms. The molecule has 0 bridgehead atoms. The Labute approximate surface area is 125 Å². The minimum atomic E-state index is -0.493. The molecule has 0 aromatic heterocycles. The van der Waals surface area contributed by atoms with E-state index in [1.54, 1.807) is 7.05 Å². The van der Waals surface area contributed by atoms with Crippen molar-refractivity contribution in [1.82, 2.24) is 4.90 Å². The van der Waals surface area contributed by atoms with Crippen LogP contribution in [0.3, 0.4) is 0 Å². The van der Waals surface area contributed by atoms with E-state index in [-0.39, 0.29) is 18.9 Å². The van der Waals surface area contributed by atoms with Crippen LogP contribution in [0.25, 0.3) is 0 Å². The first-order valence-corrected chi connectivity index (χ1v) is 6.72. The molecule has 0 heterocycles. The van der Waals surface area contributed by atoms with Crippen LogP contribution in [0.1, 0.15) is 33.5 Å². The highest BCUT2D eigenvalue weighted by Crippen LogP contribution is 2.17. The summed E-state index contributed by atoms with van der Waals surface area (Å²) in [6.07, 6.45) is 0.256. The molecule has 0 radical (unpaired) electrons. The lowest BCUT2D eigenvalue weighted by atomic mass is 10.00. The van der Waals surface area contributed by atoms with Gasteiger partial charge in [-0.2, -0.15) is 5.26 Å². The van der Waals surface area contributed by atoms with Crippen LogP contribution in [0.5, 0.6) is 0 Å². The van der Waals surface area contributed by atoms with Gasteiger partial charge < -0.3 is 9.64 Å². The minimum absolute atomic E-state index is 0.256. The summed E-state index contributed by atoms with van der Waals surface area (Å²) in [6, 6.07) is 5.78. The first-order chi connectivity index (χ1) is 9.86. The molecule has 112 valence electrons. The molecule has 0 fully saturated rings. The highest BCUT2D eigenvalue weighted by Gasteiger charge is 2.17. The second-order valence-corrected chi connectivity index (χ2v) is 5.07. The molecule has 0 unspecified atom stereocenters. The molecule has 0 saturated carbocycles. The molecule has 1 amide bonds. The van der Waals surface area contributed by atoms with Crippen LogP contribution in [0, 0.1) is 32.1 Å². The molecule has 5 heteroatoms. The number of amides is 1. The van der Waals surface area contributed by atoms with Gasteiger partial charge in [-0.3, -0.25) is 4.79 Å². The Bertz CT molecular complexity index is 565. The van der Waals surface area contributed by atoms with Gasteiger partial charge in [-0.25, -0.2) is 4.79 Å². The lowest BCUT2D eigenvalue weighted by Crippen LogP contribution is -2.32. The fourth-order valence-corrected chi connectivity index (χ4v) is 2.15. The van der Waals surface area contributed by atoms with Gasteiger partial charge in [-0.05, 0) is 31.9 Å². The number of likely N-dealkylation sites (N-methyl/N-ethyl adjacent to an activating group) is 1. The Kier molecular flexibility index (Phi) is 5.92. The van der Waals surface area contributed by atoms with Crippen LogP contribution in [-0.4, -0.2) is 37.0 Å². The molecule has 21 heavy (non-hydrogen) atoms. The number of benzene rings is 1. The SMILES string of the molecule is Cc1cc(C)c(C(=O)OCC(=O)N(C)CCC#N)c(C)c1. The fraction of sp³-hybridized carbons (Fsp3) is 0.438. The van der Waals surface area contributed by atoms with E-state index >= 15 is 0 Å². The van der Waals surface area contributed by atoms with E-state index in [9.17, 15) is 9.59 Å². The first kappa shape index (κ1) is 16.7. The smallest absolute Gasteiger partial charge is 0.339 e. The standard InChI is InChI=1S/C16H20N2O3/c1-11-8-12(2)15(13(3)9-11)16(20)21-10-14(19)18(4)7-5-6-17/h8-9H,5,7,10H2,1-4H3. The van der Waals surface area contributed by atoms with Gasteiger partial charge in [0, 0.05) is 13.6 Å². The molecule has 5 nitrogen and oxygen atoms in total. The summed E-state index contributed by atoms with van der Waals surface area (Å²) in [5.41, 5.74) is 3.26. The van der Waals surface area contributed by atoms with E-state index in [2.05, 4.69) is 0 Å². The largest absolute Gasteiger partial charge is 0.452 e. The van der Waals surface area contributed by atoms with Gasteiger partial charge in [-0.15, -0.1) is 0 Å². The van der Waals surface area contributed by atoms with Crippen molar-refractivity contribution in [3.05, 3.63) is 34.4 Å². The third-order valence-corrected chi connectivity index (χ3v) is 3.19. The lowest BCUT2D eigenvalue weighted by molar-refractivity contribution is -0.133.